The minimum absolute atomic E-state index is 0.120. The van der Waals surface area contributed by atoms with Crippen LogP contribution in [0.5, 0.6) is 0 Å². The molecule has 0 bridgehead atoms. The summed E-state index contributed by atoms with van der Waals surface area (Å²) in [5, 5.41) is -1.19. The third-order valence-corrected chi connectivity index (χ3v) is 4.40. The number of carbonyl (C=O) groups excluding carboxylic acids is 1. The first-order valence-electron chi connectivity index (χ1n) is 4.70. The highest BCUT2D eigenvalue weighted by molar-refractivity contribution is 7.92. The Hall–Kier alpha value is -1.40. The molecular weight excluding hydrogens is 228 g/mol. The van der Waals surface area contributed by atoms with Crippen LogP contribution in [0.1, 0.15) is 12.5 Å². The Labute approximate surface area is 94.5 Å². The smallest absolute Gasteiger partial charge is 0.252 e. The predicted molar refractivity (Wildman–Crippen MR) is 60.2 cm³/mol. The number of aryl methyl sites for hydroxylation is 1. The van der Waals surface area contributed by atoms with Gasteiger partial charge in [-0.15, -0.1) is 0 Å². The van der Waals surface area contributed by atoms with Crippen molar-refractivity contribution in [3.8, 4) is 0 Å². The van der Waals surface area contributed by atoms with Crippen molar-refractivity contribution in [3.05, 3.63) is 29.8 Å². The number of benzene rings is 1. The number of hydrogen-bond donors (Lipinski definition) is 2. The molecule has 1 rings (SSSR count). The van der Waals surface area contributed by atoms with E-state index in [1.165, 1.54) is 19.1 Å². The van der Waals surface area contributed by atoms with Crippen LogP contribution in [-0.4, -0.2) is 19.6 Å². The van der Waals surface area contributed by atoms with Crippen molar-refractivity contribution in [2.75, 3.05) is 0 Å². The van der Waals surface area contributed by atoms with Crippen molar-refractivity contribution in [1.29, 1.82) is 0 Å². The summed E-state index contributed by atoms with van der Waals surface area (Å²) in [5.74, 6) is 4.19. The first kappa shape index (κ1) is 12.7. The minimum atomic E-state index is -3.66. The molecule has 0 saturated carbocycles. The van der Waals surface area contributed by atoms with Crippen LogP contribution in [0.3, 0.4) is 0 Å². The molecule has 1 amide bonds. The van der Waals surface area contributed by atoms with Gasteiger partial charge in [-0.25, -0.2) is 14.3 Å². The van der Waals surface area contributed by atoms with Gasteiger partial charge in [0.05, 0.1) is 4.90 Å². The van der Waals surface area contributed by atoms with Crippen LogP contribution in [0.2, 0.25) is 0 Å². The van der Waals surface area contributed by atoms with Crippen LogP contribution in [0.25, 0.3) is 0 Å². The maximum absolute atomic E-state index is 11.9. The van der Waals surface area contributed by atoms with Crippen molar-refractivity contribution in [1.82, 2.24) is 5.43 Å². The molecular formula is C10H14N2O3S. The summed E-state index contributed by atoms with van der Waals surface area (Å²) in [6.07, 6.45) is 0. The molecule has 0 aliphatic rings. The zero-order valence-electron chi connectivity index (χ0n) is 9.10. The summed E-state index contributed by atoms with van der Waals surface area (Å²) < 4.78 is 23.9. The normalized spacial score (nSPS) is 13.2. The maximum atomic E-state index is 11.9. The Kier molecular flexibility index (Phi) is 3.66. The van der Waals surface area contributed by atoms with Gasteiger partial charge in [0.2, 0.25) is 0 Å². The largest absolute Gasteiger partial charge is 0.293 e. The summed E-state index contributed by atoms with van der Waals surface area (Å²) >= 11 is 0. The van der Waals surface area contributed by atoms with Crippen LogP contribution in [-0.2, 0) is 14.6 Å². The summed E-state index contributed by atoms with van der Waals surface area (Å²) in [6, 6.07) is 6.32. The Morgan fingerprint density at radius 2 is 1.81 bits per heavy atom. The molecule has 5 nitrogen and oxygen atoms in total. The van der Waals surface area contributed by atoms with Gasteiger partial charge < -0.3 is 0 Å². The lowest BCUT2D eigenvalue weighted by Gasteiger charge is -2.11. The molecule has 0 aliphatic heterocycles. The van der Waals surface area contributed by atoms with Crippen molar-refractivity contribution < 1.29 is 13.2 Å². The van der Waals surface area contributed by atoms with E-state index in [1.54, 1.807) is 12.1 Å². The average Bonchev–Trinajstić information content (AvgIpc) is 2.27. The molecule has 3 N–H and O–H groups in total. The van der Waals surface area contributed by atoms with Gasteiger partial charge in [0.1, 0.15) is 5.25 Å². The molecule has 1 aromatic rings. The highest BCUT2D eigenvalue weighted by Gasteiger charge is 2.28. The topological polar surface area (TPSA) is 89.3 Å². The molecule has 1 aromatic carbocycles. The van der Waals surface area contributed by atoms with Gasteiger partial charge in [0.15, 0.2) is 9.84 Å². The molecule has 88 valence electrons. The second-order valence-corrected chi connectivity index (χ2v) is 5.78. The average molecular weight is 242 g/mol. The summed E-state index contributed by atoms with van der Waals surface area (Å²) in [7, 11) is -3.66. The third-order valence-electron chi connectivity index (χ3n) is 2.33. The fourth-order valence-corrected chi connectivity index (χ4v) is 2.46. The number of sulfone groups is 1. The molecule has 1 unspecified atom stereocenters. The number of hydrogen-bond acceptors (Lipinski definition) is 4. The zero-order chi connectivity index (χ0) is 12.3. The van der Waals surface area contributed by atoms with Crippen LogP contribution in [0.15, 0.2) is 29.2 Å². The molecule has 0 aromatic heterocycles. The molecule has 0 saturated heterocycles. The Bertz CT molecular complexity index is 479. The number of carbonyl (C=O) groups is 1. The number of amides is 1. The summed E-state index contributed by atoms with van der Waals surface area (Å²) in [5.41, 5.74) is 2.79. The van der Waals surface area contributed by atoms with Crippen LogP contribution < -0.4 is 11.3 Å². The van der Waals surface area contributed by atoms with Crippen LogP contribution in [0, 0.1) is 6.92 Å². The Balaban J connectivity index is 3.12. The van der Waals surface area contributed by atoms with Gasteiger partial charge in [0.25, 0.3) is 5.91 Å². The number of rotatable bonds is 3. The van der Waals surface area contributed by atoms with Crippen molar-refractivity contribution in [3.63, 3.8) is 0 Å². The number of nitrogens with one attached hydrogen (secondary N) is 1. The quantitative estimate of drug-likeness (QED) is 0.448. The highest BCUT2D eigenvalue weighted by atomic mass is 32.2. The van der Waals surface area contributed by atoms with Crippen LogP contribution in [0.4, 0.5) is 0 Å². The van der Waals surface area contributed by atoms with Gasteiger partial charge in [-0.05, 0) is 26.0 Å². The fourth-order valence-electron chi connectivity index (χ4n) is 1.19. The van der Waals surface area contributed by atoms with Gasteiger partial charge in [-0.3, -0.25) is 10.2 Å². The van der Waals surface area contributed by atoms with Crippen molar-refractivity contribution >= 4 is 15.7 Å². The lowest BCUT2D eigenvalue weighted by molar-refractivity contribution is -0.120. The molecule has 16 heavy (non-hydrogen) atoms. The molecule has 0 heterocycles. The van der Waals surface area contributed by atoms with E-state index in [1.807, 2.05) is 12.3 Å². The van der Waals surface area contributed by atoms with Gasteiger partial charge in [-0.1, -0.05) is 17.7 Å². The second-order valence-electron chi connectivity index (χ2n) is 3.51. The zero-order valence-corrected chi connectivity index (χ0v) is 9.91. The number of nitrogens with two attached hydrogens (primary N) is 1. The SMILES string of the molecule is Cc1ccc(S(=O)(=O)C(C)C(=O)NN)cc1. The van der Waals surface area contributed by atoms with E-state index in [0.717, 1.165) is 5.56 Å². The monoisotopic (exact) mass is 242 g/mol. The van der Waals surface area contributed by atoms with E-state index in [2.05, 4.69) is 0 Å². The van der Waals surface area contributed by atoms with E-state index < -0.39 is 21.0 Å². The standard InChI is InChI=1S/C10H14N2O3S/c1-7-3-5-9(6-4-7)16(14,15)8(2)10(13)12-11/h3-6,8H,11H2,1-2H3,(H,12,13). The molecule has 0 spiro atoms. The fraction of sp³-hybridized carbons (Fsp3) is 0.300. The van der Waals surface area contributed by atoms with E-state index in [9.17, 15) is 13.2 Å². The van der Waals surface area contributed by atoms with E-state index >= 15 is 0 Å². The lowest BCUT2D eigenvalue weighted by atomic mass is 10.2. The van der Waals surface area contributed by atoms with Crippen molar-refractivity contribution in [2.45, 2.75) is 24.0 Å². The molecule has 6 heteroatoms. The second kappa shape index (κ2) is 4.63. The van der Waals surface area contributed by atoms with E-state index in [4.69, 9.17) is 5.84 Å². The molecule has 0 fully saturated rings. The predicted octanol–water partition coefficient (Wildman–Crippen LogP) is 0.147. The lowest BCUT2D eigenvalue weighted by Crippen LogP contribution is -2.41. The Morgan fingerprint density at radius 3 is 2.25 bits per heavy atom. The van der Waals surface area contributed by atoms with Crippen LogP contribution >= 0.6 is 0 Å². The molecule has 0 aliphatic carbocycles. The third kappa shape index (κ3) is 2.40. The summed E-state index contributed by atoms with van der Waals surface area (Å²) in [4.78, 5) is 11.3. The van der Waals surface area contributed by atoms with Gasteiger partial charge >= 0.3 is 0 Å². The number of hydrazine groups is 1. The van der Waals surface area contributed by atoms with Gasteiger partial charge in [-0.2, -0.15) is 0 Å². The Morgan fingerprint density at radius 1 is 1.31 bits per heavy atom. The first-order chi connectivity index (χ1) is 7.39. The summed E-state index contributed by atoms with van der Waals surface area (Å²) in [6.45, 7) is 3.16. The van der Waals surface area contributed by atoms with E-state index in [0.29, 0.717) is 0 Å². The first-order valence-corrected chi connectivity index (χ1v) is 6.25. The van der Waals surface area contributed by atoms with Gasteiger partial charge in [0, 0.05) is 0 Å². The highest BCUT2D eigenvalue weighted by Crippen LogP contribution is 2.16. The molecule has 1 atom stereocenters. The minimum Gasteiger partial charge on any atom is -0.293 e. The molecule has 0 radical (unpaired) electrons. The maximum Gasteiger partial charge on any atom is 0.252 e. The van der Waals surface area contributed by atoms with E-state index in [-0.39, 0.29) is 4.90 Å². The van der Waals surface area contributed by atoms with Crippen molar-refractivity contribution in [2.24, 2.45) is 5.84 Å².